The lowest BCUT2D eigenvalue weighted by molar-refractivity contribution is 0.0527. The number of amides is 1. The van der Waals surface area contributed by atoms with Crippen LogP contribution >= 0.6 is 0 Å². The lowest BCUT2D eigenvalue weighted by Gasteiger charge is -2.41. The molecule has 0 saturated heterocycles. The van der Waals surface area contributed by atoms with Gasteiger partial charge in [-0.05, 0) is 79.5 Å². The van der Waals surface area contributed by atoms with Gasteiger partial charge in [-0.25, -0.2) is 30.9 Å². The zero-order valence-electron chi connectivity index (χ0n) is 30.0. The van der Waals surface area contributed by atoms with Crippen LogP contribution in [0.4, 0.5) is 10.5 Å². The van der Waals surface area contributed by atoms with Crippen molar-refractivity contribution in [3.05, 3.63) is 71.6 Å². The predicted octanol–water partition coefficient (Wildman–Crippen LogP) is 4.66. The second-order valence-electron chi connectivity index (χ2n) is 13.2. The highest BCUT2D eigenvalue weighted by molar-refractivity contribution is 7.93. The van der Waals surface area contributed by atoms with Crippen molar-refractivity contribution in [3.63, 3.8) is 0 Å². The molecule has 0 aromatic heterocycles. The Kier molecular flexibility index (Phi) is 12.2. The van der Waals surface area contributed by atoms with Gasteiger partial charge in [0.2, 0.25) is 15.4 Å². The van der Waals surface area contributed by atoms with Gasteiger partial charge in [-0.3, -0.25) is 0 Å². The smallest absolute Gasteiger partial charge is 0.407 e. The summed E-state index contributed by atoms with van der Waals surface area (Å²) in [7, 11) is -9.89. The fourth-order valence-corrected chi connectivity index (χ4v) is 9.88. The van der Waals surface area contributed by atoms with E-state index in [2.05, 4.69) is 19.5 Å². The van der Waals surface area contributed by atoms with Crippen LogP contribution in [0.1, 0.15) is 66.9 Å². The van der Waals surface area contributed by atoms with Gasteiger partial charge in [-0.1, -0.05) is 24.3 Å². The van der Waals surface area contributed by atoms with Crippen molar-refractivity contribution in [2.45, 2.75) is 76.9 Å². The molecule has 0 radical (unpaired) electrons. The third kappa shape index (κ3) is 8.25. The third-order valence-electron chi connectivity index (χ3n) is 8.82. The number of rotatable bonds is 14. The molecule has 12 nitrogen and oxygen atoms in total. The second kappa shape index (κ2) is 15.7. The molecule has 1 aliphatic heterocycles. The summed E-state index contributed by atoms with van der Waals surface area (Å²) in [6.07, 6.45) is 5.42. The zero-order chi connectivity index (χ0) is 36.9. The van der Waals surface area contributed by atoms with E-state index in [9.17, 15) is 26.2 Å². The number of sulfonamides is 1. The normalized spacial score (nSPS) is 18.0. The fourth-order valence-electron chi connectivity index (χ4n) is 6.45. The molecule has 2 atom stereocenters. The van der Waals surface area contributed by atoms with Gasteiger partial charge in [0.15, 0.2) is 0 Å². The molecule has 14 heteroatoms. The van der Waals surface area contributed by atoms with Gasteiger partial charge < -0.3 is 23.9 Å². The number of carbonyl (C=O) groups excluding carboxylic acids is 1. The molecule has 1 heterocycles. The number of carbonyl (C=O) groups is 1. The maximum Gasteiger partial charge on any atom is 0.407 e. The third-order valence-corrected chi connectivity index (χ3v) is 12.2. The summed E-state index contributed by atoms with van der Waals surface area (Å²) in [6.45, 7) is 16.4. The minimum atomic E-state index is -5.24. The average molecular weight is 731 g/mol. The van der Waals surface area contributed by atoms with E-state index in [0.29, 0.717) is 61.3 Å². The zero-order valence-corrected chi connectivity index (χ0v) is 31.6. The number of ether oxygens (including phenoxy) is 1. The number of nitrogens with one attached hydrogen (secondary N) is 2. The standard InChI is InChI=1S/C36H50N4O8S2/c1-8-39(9-2)26-17-19-28-30(24-26)47-31-25-27(40(10-3)11-4)18-20-29(31)33(28)36(21-13-12-16-32(36)49(42,43)44)50(45,46)38-23-15-14-22-37-34(41)48-35(5,6)7/h12-13,16-21,24-25,32,38H,8-11,14-15,22-23H2,1-7H3,(H-,37,41,42,43,44). The Hall–Kier alpha value is -3.72. The van der Waals surface area contributed by atoms with Crippen LogP contribution in [0, 0.1) is 0 Å². The molecule has 0 fully saturated rings. The van der Waals surface area contributed by atoms with Gasteiger partial charge in [0, 0.05) is 60.5 Å². The highest BCUT2D eigenvalue weighted by Gasteiger charge is 2.55. The van der Waals surface area contributed by atoms with Crippen LogP contribution in [-0.2, 0) is 29.6 Å². The first kappa shape index (κ1) is 39.1. The van der Waals surface area contributed by atoms with Crippen LogP contribution in [0.25, 0.3) is 22.3 Å². The number of allylic oxidation sites excluding steroid dienone is 2. The lowest BCUT2D eigenvalue weighted by Crippen LogP contribution is -2.54. The van der Waals surface area contributed by atoms with Crippen LogP contribution in [0.2, 0.25) is 0 Å². The Morgan fingerprint density at radius 2 is 1.66 bits per heavy atom. The van der Waals surface area contributed by atoms with Crippen molar-refractivity contribution in [1.29, 1.82) is 0 Å². The van der Waals surface area contributed by atoms with E-state index < -0.39 is 41.8 Å². The van der Waals surface area contributed by atoms with Gasteiger partial charge in [0.25, 0.3) is 0 Å². The molecule has 0 spiro atoms. The van der Waals surface area contributed by atoms with Gasteiger partial charge in [-0.2, -0.15) is 0 Å². The predicted molar refractivity (Wildman–Crippen MR) is 197 cm³/mol. The largest absolute Gasteiger partial charge is 0.747 e. The molecule has 1 amide bonds. The summed E-state index contributed by atoms with van der Waals surface area (Å²) in [5, 5.41) is 1.86. The van der Waals surface area contributed by atoms with E-state index in [0.717, 1.165) is 17.1 Å². The number of fused-ring (bicyclic) bond motifs is 2. The quantitative estimate of drug-likeness (QED) is 0.104. The summed E-state index contributed by atoms with van der Waals surface area (Å²) in [6, 6.07) is 10.8. The van der Waals surface area contributed by atoms with Crippen molar-refractivity contribution in [2.24, 2.45) is 0 Å². The van der Waals surface area contributed by atoms with Gasteiger partial charge in [-0.15, -0.1) is 0 Å². The fraction of sp³-hybridized carbons (Fsp3) is 0.500. The molecule has 2 N–H and O–H groups in total. The maximum absolute atomic E-state index is 14.7. The van der Waals surface area contributed by atoms with Crippen LogP contribution in [-0.4, -0.2) is 77.6 Å². The molecule has 1 aromatic rings. The molecule has 0 bridgehead atoms. The summed E-state index contributed by atoms with van der Waals surface area (Å²) in [5.74, 6) is 0.349. The first-order chi connectivity index (χ1) is 23.5. The number of nitrogens with zero attached hydrogens (tertiary/aromatic N) is 2. The van der Waals surface area contributed by atoms with Gasteiger partial charge >= 0.3 is 6.09 Å². The van der Waals surface area contributed by atoms with E-state index in [1.165, 1.54) is 18.2 Å². The molecular weight excluding hydrogens is 681 g/mol. The number of unbranched alkanes of at least 4 members (excludes halogenated alkanes) is 1. The molecular formula is C36H50N4O8S2. The van der Waals surface area contributed by atoms with E-state index >= 15 is 0 Å². The molecule has 4 rings (SSSR count). The van der Waals surface area contributed by atoms with E-state index in [-0.39, 0.29) is 18.7 Å². The Morgan fingerprint density at radius 1 is 0.980 bits per heavy atom. The Morgan fingerprint density at radius 3 is 2.28 bits per heavy atom. The average Bonchev–Trinajstić information content (AvgIpc) is 3.05. The van der Waals surface area contributed by atoms with Crippen LogP contribution < -0.4 is 24.9 Å². The highest BCUT2D eigenvalue weighted by Crippen LogP contribution is 2.49. The van der Waals surface area contributed by atoms with E-state index in [4.69, 9.17) is 9.15 Å². The molecule has 0 saturated carbocycles. The second-order valence-corrected chi connectivity index (χ2v) is 16.6. The van der Waals surface area contributed by atoms with Gasteiger partial charge in [0.1, 0.15) is 44.9 Å². The number of anilines is 1. The summed E-state index contributed by atoms with van der Waals surface area (Å²) < 4.78 is 82.9. The van der Waals surface area contributed by atoms with Crippen molar-refractivity contribution in [3.8, 4) is 11.3 Å². The minimum Gasteiger partial charge on any atom is -0.747 e. The topological polar surface area (TPSA) is 161 Å². The van der Waals surface area contributed by atoms with Crippen LogP contribution in [0.3, 0.4) is 0 Å². The molecule has 3 aliphatic rings. The number of benzene rings is 2. The van der Waals surface area contributed by atoms with Crippen LogP contribution in [0.15, 0.2) is 65.1 Å². The van der Waals surface area contributed by atoms with Crippen molar-refractivity contribution in [2.75, 3.05) is 44.2 Å². The van der Waals surface area contributed by atoms with Crippen molar-refractivity contribution in [1.82, 2.24) is 14.6 Å². The van der Waals surface area contributed by atoms with Gasteiger partial charge in [0.05, 0.1) is 11.3 Å². The molecule has 2 unspecified atom stereocenters. The molecule has 1 aromatic carbocycles. The van der Waals surface area contributed by atoms with Crippen molar-refractivity contribution < 1.29 is 35.3 Å². The van der Waals surface area contributed by atoms with E-state index in [1.807, 2.05) is 52.0 Å². The highest BCUT2D eigenvalue weighted by atomic mass is 32.2. The maximum atomic E-state index is 14.7. The van der Waals surface area contributed by atoms with Crippen molar-refractivity contribution >= 4 is 42.9 Å². The molecule has 274 valence electrons. The lowest BCUT2D eigenvalue weighted by atomic mass is 9.84. The first-order valence-corrected chi connectivity index (χ1v) is 20.1. The monoisotopic (exact) mass is 730 g/mol. The number of hydrogen-bond acceptors (Lipinski definition) is 9. The van der Waals surface area contributed by atoms with Crippen LogP contribution in [0.5, 0.6) is 0 Å². The first-order valence-electron chi connectivity index (χ1n) is 17.1. The minimum absolute atomic E-state index is 0.0749. The van der Waals surface area contributed by atoms with E-state index in [1.54, 1.807) is 32.9 Å². The summed E-state index contributed by atoms with van der Waals surface area (Å²) in [4.78, 5) is 14.1. The summed E-state index contributed by atoms with van der Waals surface area (Å²) in [5.41, 5.74) is 1.03. The Labute approximate surface area is 296 Å². The SMILES string of the molecule is CCN(CC)c1ccc2c(C3(S(=O)(=O)NCCCCNC(=O)OC(C)(C)C)C=CC=CC3S(=O)(=O)[O-])c3ccc(=[N+](CC)CC)cc-3oc2c1. The molecule has 50 heavy (non-hydrogen) atoms. The number of hydrogen-bond donors (Lipinski definition) is 2. The number of alkyl carbamates (subject to hydrolysis) is 1. The Bertz CT molecular complexity index is 2000. The summed E-state index contributed by atoms with van der Waals surface area (Å²) >= 11 is 0. The molecule has 2 aliphatic carbocycles. The Balaban J connectivity index is 1.92.